The van der Waals surface area contributed by atoms with Gasteiger partial charge < -0.3 is 15.3 Å². The summed E-state index contributed by atoms with van der Waals surface area (Å²) in [5.41, 5.74) is 1.85. The fourth-order valence-corrected chi connectivity index (χ4v) is 2.50. The van der Waals surface area contributed by atoms with Crippen LogP contribution in [0.2, 0.25) is 0 Å². The van der Waals surface area contributed by atoms with Crippen LogP contribution in [-0.2, 0) is 4.79 Å². The molecular formula is C16H25N3O2. The van der Waals surface area contributed by atoms with Crippen LogP contribution in [0.4, 0.5) is 5.69 Å². The third-order valence-corrected chi connectivity index (χ3v) is 4.03. The largest absolute Gasteiger partial charge is 0.508 e. The van der Waals surface area contributed by atoms with Crippen LogP contribution in [0.3, 0.4) is 0 Å². The van der Waals surface area contributed by atoms with Crippen molar-refractivity contribution in [1.29, 1.82) is 0 Å². The van der Waals surface area contributed by atoms with Crippen molar-refractivity contribution in [3.8, 4) is 5.75 Å². The normalized spacial score (nSPS) is 16.7. The third-order valence-electron chi connectivity index (χ3n) is 4.03. The lowest BCUT2D eigenvalue weighted by Gasteiger charge is -2.33. The first-order valence-corrected chi connectivity index (χ1v) is 7.44. The molecule has 116 valence electrons. The number of carbonyl (C=O) groups excluding carboxylic acids is 1. The van der Waals surface area contributed by atoms with Crippen LogP contribution >= 0.6 is 0 Å². The molecule has 1 aromatic rings. The summed E-state index contributed by atoms with van der Waals surface area (Å²) in [4.78, 5) is 15.5. The van der Waals surface area contributed by atoms with Crippen LogP contribution in [0.5, 0.6) is 5.75 Å². The first-order chi connectivity index (χ1) is 9.95. The van der Waals surface area contributed by atoms with E-state index in [1.54, 1.807) is 25.1 Å². The predicted octanol–water partition coefficient (Wildman–Crippen LogP) is 1.67. The number of hydrogen-bond acceptors (Lipinski definition) is 4. The quantitative estimate of drug-likeness (QED) is 0.886. The summed E-state index contributed by atoms with van der Waals surface area (Å²) in [6.45, 7) is 4.24. The Labute approximate surface area is 126 Å². The Morgan fingerprint density at radius 2 is 2.05 bits per heavy atom. The highest BCUT2D eigenvalue weighted by molar-refractivity contribution is 5.77. The number of benzene rings is 1. The summed E-state index contributed by atoms with van der Waals surface area (Å²) < 4.78 is 0. The number of aryl methyl sites for hydroxylation is 1. The zero-order valence-electron chi connectivity index (χ0n) is 13.1. The number of nitrogens with zero attached hydrogens (tertiary/aromatic N) is 2. The molecule has 1 aliphatic heterocycles. The number of likely N-dealkylation sites (tertiary alicyclic amines) is 1. The number of piperidine rings is 1. The molecule has 5 heteroatoms. The van der Waals surface area contributed by atoms with Gasteiger partial charge in [0, 0.05) is 45.0 Å². The Balaban J connectivity index is 1.81. The molecule has 2 rings (SSSR count). The maximum Gasteiger partial charge on any atom is 0.236 e. The van der Waals surface area contributed by atoms with Crippen molar-refractivity contribution in [3.05, 3.63) is 23.8 Å². The average molecular weight is 291 g/mol. The van der Waals surface area contributed by atoms with Crippen molar-refractivity contribution in [2.24, 2.45) is 0 Å². The first kappa shape index (κ1) is 15.6. The van der Waals surface area contributed by atoms with Crippen molar-refractivity contribution in [1.82, 2.24) is 9.80 Å². The van der Waals surface area contributed by atoms with Gasteiger partial charge in [-0.05, 0) is 31.4 Å². The maximum atomic E-state index is 11.7. The van der Waals surface area contributed by atoms with Gasteiger partial charge in [-0.3, -0.25) is 9.69 Å². The molecule has 0 unspecified atom stereocenters. The topological polar surface area (TPSA) is 55.8 Å². The second kappa shape index (κ2) is 6.80. The monoisotopic (exact) mass is 291 g/mol. The van der Waals surface area contributed by atoms with Gasteiger partial charge in [-0.15, -0.1) is 0 Å². The lowest BCUT2D eigenvalue weighted by atomic mass is 10.0. The number of aromatic hydroxyl groups is 1. The Morgan fingerprint density at radius 3 is 2.62 bits per heavy atom. The summed E-state index contributed by atoms with van der Waals surface area (Å²) in [5.74, 6) is 0.485. The Bertz CT molecular complexity index is 494. The number of anilines is 1. The van der Waals surface area contributed by atoms with Crippen molar-refractivity contribution >= 4 is 11.6 Å². The van der Waals surface area contributed by atoms with Crippen LogP contribution < -0.4 is 5.32 Å². The minimum atomic E-state index is 0.157. The molecule has 2 N–H and O–H groups in total. The summed E-state index contributed by atoms with van der Waals surface area (Å²) in [7, 11) is 3.58. The number of phenolic OH excluding ortho intramolecular Hbond substituents is 1. The SMILES string of the molecule is Cc1ccc(NC2CCN(CC(=O)N(C)C)CC2)cc1O. The van der Waals surface area contributed by atoms with Crippen LogP contribution in [0.15, 0.2) is 18.2 Å². The Morgan fingerprint density at radius 1 is 1.38 bits per heavy atom. The number of carbonyl (C=O) groups is 1. The van der Waals surface area contributed by atoms with Crippen LogP contribution in [0.25, 0.3) is 0 Å². The molecule has 1 fully saturated rings. The molecule has 1 saturated heterocycles. The van der Waals surface area contributed by atoms with E-state index in [2.05, 4.69) is 10.2 Å². The number of rotatable bonds is 4. The summed E-state index contributed by atoms with van der Waals surface area (Å²) in [6.07, 6.45) is 2.02. The lowest BCUT2D eigenvalue weighted by molar-refractivity contribution is -0.130. The van der Waals surface area contributed by atoms with Crippen LogP contribution in [-0.4, -0.2) is 60.6 Å². The smallest absolute Gasteiger partial charge is 0.236 e. The minimum Gasteiger partial charge on any atom is -0.508 e. The van der Waals surface area contributed by atoms with E-state index in [0.717, 1.165) is 37.2 Å². The second-order valence-corrected chi connectivity index (χ2v) is 5.98. The Hall–Kier alpha value is -1.75. The summed E-state index contributed by atoms with van der Waals surface area (Å²) in [6, 6.07) is 6.09. The second-order valence-electron chi connectivity index (χ2n) is 5.98. The van der Waals surface area contributed by atoms with Crippen molar-refractivity contribution in [3.63, 3.8) is 0 Å². The highest BCUT2D eigenvalue weighted by Crippen LogP contribution is 2.23. The molecule has 5 nitrogen and oxygen atoms in total. The fraction of sp³-hybridized carbons (Fsp3) is 0.562. The fourth-order valence-electron chi connectivity index (χ4n) is 2.50. The van der Waals surface area contributed by atoms with Gasteiger partial charge in [0.25, 0.3) is 0 Å². The molecule has 0 aromatic heterocycles. The highest BCUT2D eigenvalue weighted by Gasteiger charge is 2.21. The van der Waals surface area contributed by atoms with Crippen molar-refractivity contribution in [2.75, 3.05) is 39.0 Å². The van der Waals surface area contributed by atoms with E-state index >= 15 is 0 Å². The van der Waals surface area contributed by atoms with Gasteiger partial charge in [0.1, 0.15) is 5.75 Å². The van der Waals surface area contributed by atoms with Crippen molar-refractivity contribution < 1.29 is 9.90 Å². The maximum absolute atomic E-state index is 11.7. The third kappa shape index (κ3) is 4.36. The number of likely N-dealkylation sites (N-methyl/N-ethyl adjacent to an activating group) is 1. The number of nitrogens with one attached hydrogen (secondary N) is 1. The Kier molecular flexibility index (Phi) is 5.07. The van der Waals surface area contributed by atoms with Gasteiger partial charge in [-0.25, -0.2) is 0 Å². The molecule has 1 amide bonds. The van der Waals surface area contributed by atoms with E-state index in [-0.39, 0.29) is 5.91 Å². The van der Waals surface area contributed by atoms with E-state index in [9.17, 15) is 9.90 Å². The zero-order chi connectivity index (χ0) is 15.4. The van der Waals surface area contributed by atoms with E-state index in [1.165, 1.54) is 0 Å². The molecule has 0 saturated carbocycles. The molecule has 0 radical (unpaired) electrons. The molecule has 0 atom stereocenters. The first-order valence-electron chi connectivity index (χ1n) is 7.44. The van der Waals surface area contributed by atoms with Gasteiger partial charge in [0.15, 0.2) is 0 Å². The number of hydrogen-bond donors (Lipinski definition) is 2. The average Bonchev–Trinajstić information content (AvgIpc) is 2.45. The van der Waals surface area contributed by atoms with Gasteiger partial charge in [0.05, 0.1) is 6.54 Å². The van der Waals surface area contributed by atoms with E-state index in [1.807, 2.05) is 19.1 Å². The molecular weight excluding hydrogens is 266 g/mol. The molecule has 0 bridgehead atoms. The predicted molar refractivity (Wildman–Crippen MR) is 84.6 cm³/mol. The summed E-state index contributed by atoms with van der Waals surface area (Å²) in [5, 5.41) is 13.2. The summed E-state index contributed by atoms with van der Waals surface area (Å²) >= 11 is 0. The van der Waals surface area contributed by atoms with Gasteiger partial charge in [-0.2, -0.15) is 0 Å². The van der Waals surface area contributed by atoms with Crippen LogP contribution in [0.1, 0.15) is 18.4 Å². The van der Waals surface area contributed by atoms with Gasteiger partial charge >= 0.3 is 0 Å². The van der Waals surface area contributed by atoms with E-state index in [4.69, 9.17) is 0 Å². The molecule has 0 aliphatic carbocycles. The highest BCUT2D eigenvalue weighted by atomic mass is 16.3. The van der Waals surface area contributed by atoms with Crippen molar-refractivity contribution in [2.45, 2.75) is 25.8 Å². The van der Waals surface area contributed by atoms with E-state index < -0.39 is 0 Å². The molecule has 1 aliphatic rings. The molecule has 1 aromatic carbocycles. The van der Waals surface area contributed by atoms with Gasteiger partial charge in [0.2, 0.25) is 5.91 Å². The molecule has 21 heavy (non-hydrogen) atoms. The minimum absolute atomic E-state index is 0.157. The standard InChI is InChI=1S/C16H25N3O2/c1-12-4-5-14(10-15(12)20)17-13-6-8-19(9-7-13)11-16(21)18(2)3/h4-5,10,13,17,20H,6-9,11H2,1-3H3. The van der Waals surface area contributed by atoms with E-state index in [0.29, 0.717) is 18.3 Å². The number of phenols is 1. The van der Waals surface area contributed by atoms with Crippen LogP contribution in [0, 0.1) is 6.92 Å². The molecule has 0 spiro atoms. The molecule has 1 heterocycles. The zero-order valence-corrected chi connectivity index (χ0v) is 13.1. The van der Waals surface area contributed by atoms with Gasteiger partial charge in [-0.1, -0.05) is 6.07 Å². The lowest BCUT2D eigenvalue weighted by Crippen LogP contribution is -2.43. The number of amides is 1.